The first-order valence-electron chi connectivity index (χ1n) is 8.88. The van der Waals surface area contributed by atoms with Crippen molar-refractivity contribution >= 4 is 17.6 Å². The summed E-state index contributed by atoms with van der Waals surface area (Å²) in [4.78, 5) is 24.7. The molecule has 136 valence electrons. The molecule has 0 spiro atoms. The highest BCUT2D eigenvalue weighted by Gasteiger charge is 2.46. The van der Waals surface area contributed by atoms with Crippen LogP contribution in [0.2, 0.25) is 0 Å². The maximum Gasteiger partial charge on any atom is 0.316 e. The predicted octanol–water partition coefficient (Wildman–Crippen LogP) is 3.03. The summed E-state index contributed by atoms with van der Waals surface area (Å²) >= 11 is 0. The number of anilines is 1. The number of rotatable bonds is 6. The monoisotopic (exact) mass is 352 g/mol. The van der Waals surface area contributed by atoms with Crippen molar-refractivity contribution in [3.05, 3.63) is 65.2 Å². The zero-order valence-corrected chi connectivity index (χ0v) is 15.0. The van der Waals surface area contributed by atoms with Gasteiger partial charge in [-0.15, -0.1) is 0 Å². The second kappa shape index (κ2) is 7.70. The fourth-order valence-corrected chi connectivity index (χ4v) is 3.42. The van der Waals surface area contributed by atoms with E-state index in [1.54, 1.807) is 12.1 Å². The summed E-state index contributed by atoms with van der Waals surface area (Å²) < 4.78 is 5.00. The Labute approximate surface area is 153 Å². The van der Waals surface area contributed by atoms with Gasteiger partial charge in [0.2, 0.25) is 0 Å². The summed E-state index contributed by atoms with van der Waals surface area (Å²) in [7, 11) is 1.42. The number of hydrogen-bond acceptors (Lipinski definition) is 4. The van der Waals surface area contributed by atoms with Gasteiger partial charge in [-0.3, -0.25) is 9.59 Å². The summed E-state index contributed by atoms with van der Waals surface area (Å²) in [6, 6.07) is 14.9. The molecule has 1 saturated carbocycles. The molecule has 0 saturated heterocycles. The summed E-state index contributed by atoms with van der Waals surface area (Å²) in [5.41, 5.74) is 8.24. The second-order valence-corrected chi connectivity index (χ2v) is 6.70. The van der Waals surface area contributed by atoms with E-state index in [0.717, 1.165) is 36.8 Å². The van der Waals surface area contributed by atoms with Crippen LogP contribution in [-0.4, -0.2) is 25.5 Å². The maximum absolute atomic E-state index is 12.5. The Kier molecular flexibility index (Phi) is 5.38. The van der Waals surface area contributed by atoms with Crippen LogP contribution in [-0.2, 0) is 21.4 Å². The third-order valence-corrected chi connectivity index (χ3v) is 5.11. The van der Waals surface area contributed by atoms with Gasteiger partial charge >= 0.3 is 5.97 Å². The lowest BCUT2D eigenvalue weighted by atomic mass is 9.64. The van der Waals surface area contributed by atoms with Crippen LogP contribution in [0, 0.1) is 0 Å². The molecule has 3 N–H and O–H groups in total. The van der Waals surface area contributed by atoms with E-state index in [2.05, 4.69) is 5.32 Å². The first kappa shape index (κ1) is 18.1. The van der Waals surface area contributed by atoms with Crippen LogP contribution < -0.4 is 11.1 Å². The van der Waals surface area contributed by atoms with E-state index < -0.39 is 5.41 Å². The molecule has 0 radical (unpaired) electrons. The standard InChI is InChI=1S/C21H24N2O3/c1-26-20(25)21(11-3-12-21)17-4-2-5-18(14-17)23-19(24)16-8-6-15(7-9-16)10-13-22/h2,4-9,14H,3,10-13,22H2,1H3,(H,23,24). The molecule has 0 unspecified atom stereocenters. The fraction of sp³-hybridized carbons (Fsp3) is 0.333. The molecule has 0 aliphatic heterocycles. The normalized spacial score (nSPS) is 15.0. The Hall–Kier alpha value is -2.66. The van der Waals surface area contributed by atoms with Crippen molar-refractivity contribution in [3.63, 3.8) is 0 Å². The number of carbonyl (C=O) groups excluding carboxylic acids is 2. The predicted molar refractivity (Wildman–Crippen MR) is 101 cm³/mol. The van der Waals surface area contributed by atoms with Crippen molar-refractivity contribution in [1.82, 2.24) is 0 Å². The molecule has 0 aromatic heterocycles. The Morgan fingerprint density at radius 3 is 2.46 bits per heavy atom. The number of nitrogens with two attached hydrogens (primary N) is 1. The minimum atomic E-state index is -0.570. The number of ether oxygens (including phenoxy) is 1. The van der Waals surface area contributed by atoms with Crippen LogP contribution in [0.3, 0.4) is 0 Å². The van der Waals surface area contributed by atoms with Crippen molar-refractivity contribution in [3.8, 4) is 0 Å². The number of esters is 1. The second-order valence-electron chi connectivity index (χ2n) is 6.70. The SMILES string of the molecule is COC(=O)C1(c2cccc(NC(=O)c3ccc(CCN)cc3)c2)CCC1. The molecule has 1 aliphatic carbocycles. The maximum atomic E-state index is 12.5. The van der Waals surface area contributed by atoms with Gasteiger partial charge in [0, 0.05) is 11.3 Å². The number of hydrogen-bond donors (Lipinski definition) is 2. The van der Waals surface area contributed by atoms with E-state index in [1.165, 1.54) is 7.11 Å². The van der Waals surface area contributed by atoms with Gasteiger partial charge in [-0.1, -0.05) is 30.7 Å². The third kappa shape index (κ3) is 3.48. The Bertz CT molecular complexity index is 795. The van der Waals surface area contributed by atoms with Crippen molar-refractivity contribution in [2.24, 2.45) is 5.73 Å². The van der Waals surface area contributed by atoms with Gasteiger partial charge < -0.3 is 15.8 Å². The van der Waals surface area contributed by atoms with Crippen LogP contribution in [0.5, 0.6) is 0 Å². The Morgan fingerprint density at radius 1 is 1.15 bits per heavy atom. The molecule has 2 aromatic rings. The van der Waals surface area contributed by atoms with Gasteiger partial charge in [0.1, 0.15) is 0 Å². The lowest BCUT2D eigenvalue weighted by Gasteiger charge is -2.39. The lowest BCUT2D eigenvalue weighted by Crippen LogP contribution is -2.43. The molecule has 1 fully saturated rings. The van der Waals surface area contributed by atoms with E-state index in [-0.39, 0.29) is 11.9 Å². The van der Waals surface area contributed by atoms with Crippen molar-refractivity contribution in [2.45, 2.75) is 31.1 Å². The van der Waals surface area contributed by atoms with Crippen molar-refractivity contribution in [1.29, 1.82) is 0 Å². The van der Waals surface area contributed by atoms with E-state index in [9.17, 15) is 9.59 Å². The van der Waals surface area contributed by atoms with Gasteiger partial charge in [-0.05, 0) is 61.2 Å². The number of carbonyl (C=O) groups is 2. The van der Waals surface area contributed by atoms with Crippen LogP contribution in [0.15, 0.2) is 48.5 Å². The highest BCUT2D eigenvalue weighted by Crippen LogP contribution is 2.45. The zero-order chi connectivity index (χ0) is 18.6. The molecule has 1 aliphatic rings. The molecule has 5 nitrogen and oxygen atoms in total. The largest absolute Gasteiger partial charge is 0.468 e. The molecule has 5 heteroatoms. The average Bonchev–Trinajstić information content (AvgIpc) is 2.62. The van der Waals surface area contributed by atoms with E-state index in [1.807, 2.05) is 36.4 Å². The number of benzene rings is 2. The molecular weight excluding hydrogens is 328 g/mol. The van der Waals surface area contributed by atoms with Crippen molar-refractivity contribution in [2.75, 3.05) is 19.0 Å². The van der Waals surface area contributed by atoms with Gasteiger partial charge in [0.25, 0.3) is 5.91 Å². The van der Waals surface area contributed by atoms with E-state index >= 15 is 0 Å². The molecule has 1 amide bonds. The summed E-state index contributed by atoms with van der Waals surface area (Å²) in [5, 5.41) is 2.91. The first-order valence-corrected chi connectivity index (χ1v) is 8.88. The summed E-state index contributed by atoms with van der Waals surface area (Å²) in [6.45, 7) is 0.584. The van der Waals surface area contributed by atoms with Crippen LogP contribution in [0.1, 0.15) is 40.7 Å². The lowest BCUT2D eigenvalue weighted by molar-refractivity contribution is -0.151. The topological polar surface area (TPSA) is 81.4 Å². The Morgan fingerprint density at radius 2 is 1.88 bits per heavy atom. The van der Waals surface area contributed by atoms with Crippen LogP contribution >= 0.6 is 0 Å². The minimum absolute atomic E-state index is 0.179. The molecule has 0 bridgehead atoms. The quantitative estimate of drug-likeness (QED) is 0.783. The summed E-state index contributed by atoms with van der Waals surface area (Å²) in [6.07, 6.45) is 3.35. The molecule has 0 heterocycles. The minimum Gasteiger partial charge on any atom is -0.468 e. The highest BCUT2D eigenvalue weighted by atomic mass is 16.5. The fourth-order valence-electron chi connectivity index (χ4n) is 3.42. The molecule has 0 atom stereocenters. The molecule has 2 aromatic carbocycles. The summed E-state index contributed by atoms with van der Waals surface area (Å²) in [5.74, 6) is -0.384. The number of methoxy groups -OCH3 is 1. The third-order valence-electron chi connectivity index (χ3n) is 5.11. The number of nitrogens with one attached hydrogen (secondary N) is 1. The molecule has 26 heavy (non-hydrogen) atoms. The Balaban J connectivity index is 1.76. The van der Waals surface area contributed by atoms with Crippen LogP contribution in [0.25, 0.3) is 0 Å². The first-order chi connectivity index (χ1) is 12.6. The van der Waals surface area contributed by atoms with Gasteiger partial charge in [0.05, 0.1) is 12.5 Å². The van der Waals surface area contributed by atoms with Gasteiger partial charge in [-0.25, -0.2) is 0 Å². The zero-order valence-electron chi connectivity index (χ0n) is 15.0. The number of amides is 1. The molecular formula is C21H24N2O3. The van der Waals surface area contributed by atoms with Crippen LogP contribution in [0.4, 0.5) is 5.69 Å². The van der Waals surface area contributed by atoms with E-state index in [4.69, 9.17) is 10.5 Å². The highest BCUT2D eigenvalue weighted by molar-refractivity contribution is 6.04. The van der Waals surface area contributed by atoms with Crippen molar-refractivity contribution < 1.29 is 14.3 Å². The smallest absolute Gasteiger partial charge is 0.316 e. The molecule has 3 rings (SSSR count). The van der Waals surface area contributed by atoms with Gasteiger partial charge in [-0.2, -0.15) is 0 Å². The van der Waals surface area contributed by atoms with E-state index in [0.29, 0.717) is 17.8 Å². The average molecular weight is 352 g/mol. The van der Waals surface area contributed by atoms with Gasteiger partial charge in [0.15, 0.2) is 0 Å².